The summed E-state index contributed by atoms with van der Waals surface area (Å²) in [6, 6.07) is 0. The molecule has 3 amide bonds. The lowest BCUT2D eigenvalue weighted by atomic mass is 10.2. The van der Waals surface area contributed by atoms with Crippen LogP contribution in [-0.4, -0.2) is 187 Å². The molecule has 1 N–H and O–H groups in total. The second-order valence-corrected chi connectivity index (χ2v) is 24.0. The zero-order chi connectivity index (χ0) is 45.9. The van der Waals surface area contributed by atoms with Crippen LogP contribution >= 0.6 is 11.8 Å². The van der Waals surface area contributed by atoms with E-state index < -0.39 is 77.0 Å². The summed E-state index contributed by atoms with van der Waals surface area (Å²) in [7, 11) is -9.20. The minimum atomic E-state index is -4.64. The summed E-state index contributed by atoms with van der Waals surface area (Å²) in [6.45, 7) is 20.2. The van der Waals surface area contributed by atoms with Gasteiger partial charge in [-0.05, 0) is 68.6 Å². The normalized spacial score (nSPS) is 18.2. The van der Waals surface area contributed by atoms with E-state index >= 15 is 0 Å². The van der Waals surface area contributed by atoms with Crippen molar-refractivity contribution in [3.8, 4) is 0 Å². The first-order chi connectivity index (χ1) is 25.7. The van der Waals surface area contributed by atoms with Gasteiger partial charge in [-0.15, -0.1) is 0 Å². The van der Waals surface area contributed by atoms with Crippen LogP contribution < -0.4 is 5.32 Å². The first-order valence-electron chi connectivity index (χ1n) is 17.7. The second-order valence-electron chi connectivity index (χ2n) is 16.7. The van der Waals surface area contributed by atoms with E-state index in [1.165, 1.54) is 22.3 Å². The van der Waals surface area contributed by atoms with E-state index in [0.717, 1.165) is 19.3 Å². The summed E-state index contributed by atoms with van der Waals surface area (Å²) in [4.78, 5) is 47.5. The number of amides is 3. The molecule has 342 valence electrons. The average molecular weight is 923 g/mol. The molecule has 0 radical (unpaired) electrons. The highest BCUT2D eigenvalue weighted by Crippen LogP contribution is 2.23. The molecule has 0 aromatic rings. The van der Waals surface area contributed by atoms with E-state index in [2.05, 4.69) is 11.6 Å². The predicted octanol–water partition coefficient (Wildman–Crippen LogP) is 2.95. The van der Waals surface area contributed by atoms with Gasteiger partial charge < -0.3 is 34.2 Å². The van der Waals surface area contributed by atoms with Crippen molar-refractivity contribution in [2.24, 2.45) is 0 Å². The Kier molecular flexibility index (Phi) is 20.8. The van der Waals surface area contributed by atoms with E-state index in [4.69, 9.17) is 23.2 Å². The van der Waals surface area contributed by atoms with Gasteiger partial charge in [0.05, 0.1) is 29.8 Å². The number of halogens is 3. The maximum atomic E-state index is 11.5. The summed E-state index contributed by atoms with van der Waals surface area (Å²) in [6.07, 6.45) is -1.70. The Morgan fingerprint density at radius 1 is 0.621 bits per heavy atom. The van der Waals surface area contributed by atoms with Gasteiger partial charge in [0.15, 0.2) is 19.7 Å². The molecule has 4 aliphatic rings. The molecule has 4 aliphatic heterocycles. The smallest absolute Gasteiger partial charge is 0.444 e. The maximum absolute atomic E-state index is 11.5. The number of nitrogens with zero attached hydrogens (tertiary/aromatic N) is 3. The number of nitrogens with one attached hydrogen (secondary N) is 1. The second kappa shape index (κ2) is 21.8. The van der Waals surface area contributed by atoms with Gasteiger partial charge in [0.1, 0.15) is 22.9 Å². The van der Waals surface area contributed by atoms with Gasteiger partial charge >= 0.3 is 24.5 Å². The van der Waals surface area contributed by atoms with E-state index in [9.17, 15) is 52.8 Å². The SMILES string of the molecule is CC(C)(C)OC(=O)N1CC(OS(C)(=O)=O)C1.CC(C)(C)OC(=O)N1CC(S(C)(=O)=O)C1.CS(=O)(=O)C1CNC1.CSC1CN(C(=O)OC(C)(C)C)C1.O=CC(F)(F)F. The van der Waals surface area contributed by atoms with Crippen molar-refractivity contribution in [1.29, 1.82) is 0 Å². The summed E-state index contributed by atoms with van der Waals surface area (Å²) in [5.41, 5.74) is -1.45. The zero-order valence-corrected chi connectivity index (χ0v) is 38.6. The van der Waals surface area contributed by atoms with Crippen LogP contribution in [0.5, 0.6) is 0 Å². The van der Waals surface area contributed by atoms with Gasteiger partial charge in [-0.25, -0.2) is 31.2 Å². The third-order valence-corrected chi connectivity index (χ3v) is 11.9. The van der Waals surface area contributed by atoms with E-state index in [1.807, 2.05) is 20.8 Å². The molecule has 0 unspecified atom stereocenters. The van der Waals surface area contributed by atoms with E-state index in [-0.39, 0.29) is 43.1 Å². The van der Waals surface area contributed by atoms with Crippen molar-refractivity contribution in [3.63, 3.8) is 0 Å². The number of rotatable bonds is 5. The number of hydrogen-bond donors (Lipinski definition) is 1. The monoisotopic (exact) mass is 922 g/mol. The van der Waals surface area contributed by atoms with Crippen molar-refractivity contribution in [2.75, 3.05) is 77.4 Å². The summed E-state index contributed by atoms with van der Waals surface area (Å²) in [5.74, 6) is 0. The van der Waals surface area contributed by atoms with Gasteiger partial charge in [0.2, 0.25) is 6.29 Å². The minimum Gasteiger partial charge on any atom is -0.444 e. The van der Waals surface area contributed by atoms with Gasteiger partial charge in [0, 0.05) is 57.0 Å². The Balaban J connectivity index is 0.000000727. The Morgan fingerprint density at radius 3 is 1.14 bits per heavy atom. The van der Waals surface area contributed by atoms with Crippen LogP contribution in [0.3, 0.4) is 0 Å². The molecule has 0 spiro atoms. The topological polar surface area (TPSA) is 229 Å². The van der Waals surface area contributed by atoms with Crippen LogP contribution in [0.1, 0.15) is 62.3 Å². The lowest BCUT2D eigenvalue weighted by Gasteiger charge is -2.38. The molecule has 58 heavy (non-hydrogen) atoms. The Hall–Kier alpha value is -2.61. The first kappa shape index (κ1) is 55.4. The zero-order valence-electron chi connectivity index (χ0n) is 35.4. The number of carbonyl (C=O) groups excluding carboxylic acids is 4. The molecule has 4 saturated heterocycles. The predicted molar refractivity (Wildman–Crippen MR) is 213 cm³/mol. The number of aldehydes is 1. The third kappa shape index (κ3) is 25.1. The number of ether oxygens (including phenoxy) is 3. The van der Waals surface area contributed by atoms with E-state index in [0.29, 0.717) is 18.3 Å². The number of hydrogen-bond acceptors (Lipinski definition) is 16. The van der Waals surface area contributed by atoms with Crippen LogP contribution in [-0.2, 0) is 53.0 Å². The highest BCUT2D eigenvalue weighted by Gasteiger charge is 2.39. The van der Waals surface area contributed by atoms with Gasteiger partial charge in [-0.2, -0.15) is 33.4 Å². The van der Waals surface area contributed by atoms with Crippen molar-refractivity contribution in [2.45, 2.75) is 107 Å². The molecule has 0 aromatic heterocycles. The molecule has 25 heteroatoms. The molecular formula is C33H61F3N4O14S4. The lowest BCUT2D eigenvalue weighted by molar-refractivity contribution is -0.156. The highest BCUT2D eigenvalue weighted by molar-refractivity contribution is 7.99. The molecule has 0 aromatic carbocycles. The Morgan fingerprint density at radius 2 is 0.931 bits per heavy atom. The molecule has 0 atom stereocenters. The van der Waals surface area contributed by atoms with Crippen LogP contribution in [0.25, 0.3) is 0 Å². The van der Waals surface area contributed by atoms with Crippen molar-refractivity contribution in [3.05, 3.63) is 0 Å². The lowest BCUT2D eigenvalue weighted by Crippen LogP contribution is -2.57. The van der Waals surface area contributed by atoms with Crippen molar-refractivity contribution < 1.29 is 76.0 Å². The minimum absolute atomic E-state index is 0.109. The Labute approximate surface area is 345 Å². The molecule has 4 heterocycles. The fourth-order valence-corrected chi connectivity index (χ4v) is 7.05. The number of carbonyl (C=O) groups is 4. The fraction of sp³-hybridized carbons (Fsp3) is 0.879. The van der Waals surface area contributed by atoms with Crippen LogP contribution in [0.15, 0.2) is 0 Å². The van der Waals surface area contributed by atoms with Crippen molar-refractivity contribution >= 4 is 66.1 Å². The van der Waals surface area contributed by atoms with Gasteiger partial charge in [0.25, 0.3) is 10.1 Å². The molecule has 4 rings (SSSR count). The maximum Gasteiger partial charge on any atom is 0.446 e. The standard InChI is InChI=1S/C9H17NO5S.C9H17NO4S.C9H17NO2S.C4H9NO2S.C2HF3O/c1-9(2,3)14-8(11)10-5-7(6-10)15-16(4,12)13;1-9(2,3)14-8(11)10-5-7(6-10)15(4,12)13;1-9(2,3)12-8(11)10-5-7(6-10)13-4;1-8(6,7)4-2-5-3-4;3-2(4,5)1-6/h7H,5-6H2,1-4H3;7H,5-6H2,1-4H3;7H,5-6H2,1-4H3;4-5H,2-3H2,1H3;1H. The summed E-state index contributed by atoms with van der Waals surface area (Å²) < 4.78 is 116. The molecular weight excluding hydrogens is 862 g/mol. The van der Waals surface area contributed by atoms with Crippen molar-refractivity contribution in [1.82, 2.24) is 20.0 Å². The first-order valence-corrected chi connectivity index (χ1v) is 24.7. The number of likely N-dealkylation sites (tertiary alicyclic amines) is 3. The molecule has 4 fully saturated rings. The third-order valence-electron chi connectivity index (χ3n) is 7.23. The average Bonchev–Trinajstić information content (AvgIpc) is 2.83. The van der Waals surface area contributed by atoms with Gasteiger partial charge in [-0.1, -0.05) is 0 Å². The van der Waals surface area contributed by atoms with Crippen LogP contribution in [0, 0.1) is 0 Å². The molecule has 18 nitrogen and oxygen atoms in total. The quantitative estimate of drug-likeness (QED) is 0.237. The van der Waals surface area contributed by atoms with Crippen LogP contribution in [0.4, 0.5) is 27.6 Å². The molecule has 0 saturated carbocycles. The van der Waals surface area contributed by atoms with Crippen LogP contribution in [0.2, 0.25) is 0 Å². The number of alkyl halides is 3. The van der Waals surface area contributed by atoms with Gasteiger partial charge in [-0.3, -0.25) is 8.98 Å². The summed E-state index contributed by atoms with van der Waals surface area (Å²) in [5, 5.41) is 2.96. The van der Waals surface area contributed by atoms with E-state index in [1.54, 1.807) is 58.2 Å². The summed E-state index contributed by atoms with van der Waals surface area (Å²) >= 11 is 1.80. The molecule has 0 bridgehead atoms. The largest absolute Gasteiger partial charge is 0.446 e. The highest BCUT2D eigenvalue weighted by atomic mass is 32.2. The molecule has 0 aliphatic carbocycles. The fourth-order valence-electron chi connectivity index (χ4n) is 4.03. The number of sulfone groups is 2. The Bertz CT molecular complexity index is 1690. The number of thioether (sulfide) groups is 1.